The smallest absolute Gasteiger partial charge is 0.416 e. The number of amides is 2. The number of esters is 1. The van der Waals surface area contributed by atoms with Crippen molar-refractivity contribution in [1.29, 1.82) is 0 Å². The van der Waals surface area contributed by atoms with Crippen molar-refractivity contribution >= 4 is 40.8 Å². The third kappa shape index (κ3) is 8.29. The molecule has 0 radical (unpaired) electrons. The Kier molecular flexibility index (Phi) is 8.44. The van der Waals surface area contributed by atoms with Crippen LogP contribution < -0.4 is 10.6 Å². The van der Waals surface area contributed by atoms with Gasteiger partial charge in [0.15, 0.2) is 6.61 Å². The first-order valence-corrected chi connectivity index (χ1v) is 9.61. The monoisotopic (exact) mass is 456 g/mol. The van der Waals surface area contributed by atoms with Gasteiger partial charge in [-0.3, -0.25) is 14.4 Å². The van der Waals surface area contributed by atoms with Crippen molar-refractivity contribution in [3.05, 3.63) is 58.6 Å². The van der Waals surface area contributed by atoms with Gasteiger partial charge in [-0.1, -0.05) is 23.7 Å². The van der Waals surface area contributed by atoms with Gasteiger partial charge in [0.1, 0.15) is 0 Å². The summed E-state index contributed by atoms with van der Waals surface area (Å²) < 4.78 is 42.9. The highest BCUT2D eigenvalue weighted by atomic mass is 35.5. The van der Waals surface area contributed by atoms with Crippen LogP contribution in [0.1, 0.15) is 30.4 Å². The summed E-state index contributed by atoms with van der Waals surface area (Å²) in [6.45, 7) is 1.32. The summed E-state index contributed by atoms with van der Waals surface area (Å²) >= 11 is 5.97. The van der Waals surface area contributed by atoms with E-state index in [1.165, 1.54) is 12.1 Å². The number of anilines is 2. The molecule has 0 spiro atoms. The number of nitrogens with one attached hydrogen (secondary N) is 2. The zero-order chi connectivity index (χ0) is 23.0. The maximum atomic E-state index is 12.7. The Morgan fingerprint density at radius 1 is 0.968 bits per heavy atom. The third-order valence-electron chi connectivity index (χ3n) is 4.08. The van der Waals surface area contributed by atoms with Crippen LogP contribution in [0.4, 0.5) is 24.5 Å². The molecule has 0 aliphatic rings. The molecule has 0 saturated heterocycles. The first kappa shape index (κ1) is 24.2. The number of rotatable bonds is 8. The molecule has 2 aromatic carbocycles. The summed E-state index contributed by atoms with van der Waals surface area (Å²) in [4.78, 5) is 35.4. The molecule has 31 heavy (non-hydrogen) atoms. The molecule has 6 nitrogen and oxygen atoms in total. The number of benzene rings is 2. The molecule has 2 N–H and O–H groups in total. The first-order chi connectivity index (χ1) is 14.5. The molecule has 0 atom stereocenters. The molecule has 2 rings (SSSR count). The van der Waals surface area contributed by atoms with Gasteiger partial charge in [-0.05, 0) is 49.2 Å². The molecular weight excluding hydrogens is 437 g/mol. The molecule has 166 valence electrons. The predicted molar refractivity (Wildman–Crippen MR) is 110 cm³/mol. The minimum absolute atomic E-state index is 0.00952. The Labute approximate surface area is 181 Å². The number of carbonyl (C=O) groups is 3. The minimum Gasteiger partial charge on any atom is -0.456 e. The molecule has 0 saturated carbocycles. The van der Waals surface area contributed by atoms with Crippen molar-refractivity contribution in [3.63, 3.8) is 0 Å². The van der Waals surface area contributed by atoms with Gasteiger partial charge in [-0.25, -0.2) is 0 Å². The zero-order valence-electron chi connectivity index (χ0n) is 16.5. The van der Waals surface area contributed by atoms with Crippen LogP contribution in [0.3, 0.4) is 0 Å². The highest BCUT2D eigenvalue weighted by Crippen LogP contribution is 2.30. The van der Waals surface area contributed by atoms with Gasteiger partial charge in [-0.2, -0.15) is 13.2 Å². The number of carbonyl (C=O) groups excluding carboxylic acids is 3. The van der Waals surface area contributed by atoms with Gasteiger partial charge in [0.05, 0.1) is 5.56 Å². The fraction of sp³-hybridized carbons (Fsp3) is 0.286. The summed E-state index contributed by atoms with van der Waals surface area (Å²) in [6, 6.07) is 9.20. The largest absolute Gasteiger partial charge is 0.456 e. The summed E-state index contributed by atoms with van der Waals surface area (Å²) in [5.74, 6) is -1.76. The van der Waals surface area contributed by atoms with E-state index in [4.69, 9.17) is 16.3 Å². The lowest BCUT2D eigenvalue weighted by Gasteiger charge is -2.10. The van der Waals surface area contributed by atoms with Gasteiger partial charge in [0.2, 0.25) is 5.91 Å². The zero-order valence-corrected chi connectivity index (χ0v) is 17.3. The number of halogens is 4. The van der Waals surface area contributed by atoms with Gasteiger partial charge in [0, 0.05) is 29.2 Å². The van der Waals surface area contributed by atoms with Crippen molar-refractivity contribution in [2.24, 2.45) is 0 Å². The van der Waals surface area contributed by atoms with E-state index in [2.05, 4.69) is 10.6 Å². The molecule has 0 unspecified atom stereocenters. The van der Waals surface area contributed by atoms with Crippen LogP contribution in [0.2, 0.25) is 5.02 Å². The predicted octanol–water partition coefficient (Wildman–Crippen LogP) is 4.96. The van der Waals surface area contributed by atoms with Crippen LogP contribution in [0, 0.1) is 6.92 Å². The van der Waals surface area contributed by atoms with E-state index in [9.17, 15) is 27.6 Å². The van der Waals surface area contributed by atoms with Crippen molar-refractivity contribution in [2.75, 3.05) is 17.2 Å². The summed E-state index contributed by atoms with van der Waals surface area (Å²) in [5.41, 5.74) is 0.446. The van der Waals surface area contributed by atoms with Gasteiger partial charge in [0.25, 0.3) is 5.91 Å². The molecule has 0 aliphatic heterocycles. The second-order valence-corrected chi connectivity index (χ2v) is 7.06. The molecule has 0 bridgehead atoms. The average molecular weight is 457 g/mol. The van der Waals surface area contributed by atoms with Gasteiger partial charge in [-0.15, -0.1) is 0 Å². The normalized spacial score (nSPS) is 11.0. The van der Waals surface area contributed by atoms with Crippen LogP contribution >= 0.6 is 11.6 Å². The van der Waals surface area contributed by atoms with E-state index in [-0.39, 0.29) is 24.9 Å². The van der Waals surface area contributed by atoms with Crippen LogP contribution in [0.15, 0.2) is 42.5 Å². The van der Waals surface area contributed by atoms with E-state index in [1.54, 1.807) is 18.2 Å². The molecule has 10 heteroatoms. The van der Waals surface area contributed by atoms with Crippen molar-refractivity contribution in [1.82, 2.24) is 0 Å². The van der Waals surface area contributed by atoms with E-state index < -0.39 is 36.1 Å². The van der Waals surface area contributed by atoms with Crippen LogP contribution in [0.25, 0.3) is 0 Å². The second kappa shape index (κ2) is 10.8. The van der Waals surface area contributed by atoms with E-state index in [1.807, 2.05) is 6.92 Å². The number of alkyl halides is 3. The van der Waals surface area contributed by atoms with Crippen LogP contribution in [-0.4, -0.2) is 24.4 Å². The van der Waals surface area contributed by atoms with Crippen LogP contribution in [-0.2, 0) is 25.3 Å². The van der Waals surface area contributed by atoms with Crippen molar-refractivity contribution < 1.29 is 32.3 Å². The molecule has 2 aromatic rings. The fourth-order valence-electron chi connectivity index (χ4n) is 2.48. The SMILES string of the molecule is Cc1ccc(NC(=O)COC(=O)CCCC(=O)Nc2cccc(C(F)(F)F)c2)cc1Cl. The van der Waals surface area contributed by atoms with E-state index >= 15 is 0 Å². The Hall–Kier alpha value is -3.07. The maximum Gasteiger partial charge on any atom is 0.416 e. The number of aryl methyl sites for hydroxylation is 1. The number of hydrogen-bond donors (Lipinski definition) is 2. The number of ether oxygens (including phenoxy) is 1. The standard InChI is InChI=1S/C21H20ClF3N2O4/c1-13-8-9-16(11-17(13)22)27-19(29)12-31-20(30)7-3-6-18(28)26-15-5-2-4-14(10-15)21(23,24)25/h2,4-5,8-11H,3,6-7,12H2,1H3,(H,26,28)(H,27,29). The second-order valence-electron chi connectivity index (χ2n) is 6.65. The molecule has 0 aromatic heterocycles. The minimum atomic E-state index is -4.51. The quantitative estimate of drug-likeness (QED) is 0.550. The Morgan fingerprint density at radius 3 is 2.32 bits per heavy atom. The van der Waals surface area contributed by atoms with Crippen molar-refractivity contribution in [3.8, 4) is 0 Å². The molecule has 0 fully saturated rings. The Morgan fingerprint density at radius 2 is 1.65 bits per heavy atom. The summed E-state index contributed by atoms with van der Waals surface area (Å²) in [7, 11) is 0. The molecule has 0 heterocycles. The lowest BCUT2D eigenvalue weighted by molar-refractivity contribution is -0.147. The highest BCUT2D eigenvalue weighted by Gasteiger charge is 2.30. The highest BCUT2D eigenvalue weighted by molar-refractivity contribution is 6.31. The number of hydrogen-bond acceptors (Lipinski definition) is 4. The summed E-state index contributed by atoms with van der Waals surface area (Å²) in [5, 5.41) is 5.37. The Balaban J connectivity index is 1.69. The van der Waals surface area contributed by atoms with Gasteiger partial charge >= 0.3 is 12.1 Å². The van der Waals surface area contributed by atoms with Crippen LogP contribution in [0.5, 0.6) is 0 Å². The third-order valence-corrected chi connectivity index (χ3v) is 4.49. The molecular formula is C21H20ClF3N2O4. The maximum absolute atomic E-state index is 12.7. The van der Waals surface area contributed by atoms with E-state index in [0.29, 0.717) is 10.7 Å². The van der Waals surface area contributed by atoms with E-state index in [0.717, 1.165) is 17.7 Å². The van der Waals surface area contributed by atoms with Gasteiger partial charge < -0.3 is 15.4 Å². The lowest BCUT2D eigenvalue weighted by Crippen LogP contribution is -2.21. The Bertz CT molecular complexity index is 964. The fourth-order valence-corrected chi connectivity index (χ4v) is 2.66. The first-order valence-electron chi connectivity index (χ1n) is 9.23. The average Bonchev–Trinajstić information content (AvgIpc) is 2.69. The topological polar surface area (TPSA) is 84.5 Å². The van der Waals surface area contributed by atoms with Crippen molar-refractivity contribution in [2.45, 2.75) is 32.4 Å². The molecule has 2 amide bonds. The molecule has 0 aliphatic carbocycles. The summed E-state index contributed by atoms with van der Waals surface area (Å²) in [6.07, 6.45) is -4.62. The lowest BCUT2D eigenvalue weighted by atomic mass is 10.2.